The molecule has 0 aliphatic carbocycles. The zero-order chi connectivity index (χ0) is 28.9. The molecule has 0 saturated heterocycles. The van der Waals surface area contributed by atoms with E-state index in [0.717, 1.165) is 34.9 Å². The predicted molar refractivity (Wildman–Crippen MR) is 129 cm³/mol. The van der Waals surface area contributed by atoms with Gasteiger partial charge in [0.05, 0.1) is 28.5 Å². The molecule has 14 heteroatoms. The van der Waals surface area contributed by atoms with E-state index in [4.69, 9.17) is 9.47 Å². The fourth-order valence-electron chi connectivity index (χ4n) is 5.14. The maximum atomic E-state index is 13.5. The molecule has 3 aliphatic rings. The topological polar surface area (TPSA) is 41.9 Å². The Hall–Kier alpha value is -4.12. The number of phenols is 1. The third-order valence-electron chi connectivity index (χ3n) is 6.44. The molecule has 0 bridgehead atoms. The van der Waals surface area contributed by atoms with Crippen molar-refractivity contribution in [1.29, 1.82) is 0 Å². The van der Waals surface area contributed by atoms with Gasteiger partial charge in [-0.1, -0.05) is 18.2 Å². The Bertz CT molecular complexity index is 1630. The van der Waals surface area contributed by atoms with Gasteiger partial charge < -0.3 is 19.5 Å². The molecule has 0 atom stereocenters. The molecule has 4 aromatic carbocycles. The van der Waals surface area contributed by atoms with Gasteiger partial charge in [-0.25, -0.2) is 0 Å². The Labute approximate surface area is 219 Å². The number of halogens is 9. The summed E-state index contributed by atoms with van der Waals surface area (Å²) in [5.41, 5.74) is 3.06. The summed E-state index contributed by atoms with van der Waals surface area (Å²) in [5.74, 6) is 2.18. The van der Waals surface area contributed by atoms with Crippen molar-refractivity contribution in [2.75, 3.05) is 4.90 Å². The maximum absolute atomic E-state index is 13.5. The molecule has 0 saturated carbocycles. The fraction of sp³-hybridized carbons (Fsp3) is 0.0769. The first-order chi connectivity index (χ1) is 18.4. The van der Waals surface area contributed by atoms with Gasteiger partial charge >= 0.3 is 39.2 Å². The molecule has 3 heterocycles. The van der Waals surface area contributed by atoms with Crippen LogP contribution in [-0.4, -0.2) is 5.11 Å². The van der Waals surface area contributed by atoms with Gasteiger partial charge in [-0.3, -0.25) is 0 Å². The van der Waals surface area contributed by atoms with Crippen LogP contribution in [0.1, 0.15) is 28.2 Å². The van der Waals surface area contributed by atoms with Crippen LogP contribution in [0.25, 0.3) is 0 Å². The second-order valence-corrected chi connectivity index (χ2v) is 11.1. The summed E-state index contributed by atoms with van der Waals surface area (Å²) in [6.07, 6.45) is -4.55. The van der Waals surface area contributed by atoms with Crippen LogP contribution in [0.5, 0.6) is 28.7 Å². The fourth-order valence-corrected chi connectivity index (χ4v) is 5.14. The van der Waals surface area contributed by atoms with Gasteiger partial charge in [-0.15, -0.1) is 0 Å². The Morgan fingerprint density at radius 2 is 1.05 bits per heavy atom. The van der Waals surface area contributed by atoms with Crippen LogP contribution in [0.2, 0.25) is 0 Å². The molecule has 0 aromatic heterocycles. The smallest absolute Gasteiger partial charge is 0.416 e. The van der Waals surface area contributed by atoms with E-state index in [1.54, 1.807) is 17.0 Å². The molecule has 1 N–H and O–H groups in total. The van der Waals surface area contributed by atoms with Gasteiger partial charge in [-0.05, 0) is 54.6 Å². The van der Waals surface area contributed by atoms with E-state index >= 15 is 0 Å². The third kappa shape index (κ3) is 4.64. The predicted octanol–water partition coefficient (Wildman–Crippen LogP) is 11.0. The Morgan fingerprint density at radius 1 is 0.625 bits per heavy atom. The van der Waals surface area contributed by atoms with Crippen LogP contribution in [0.15, 0.2) is 72.8 Å². The SMILES string of the molecule is F[P-](F)(F)(F)(F)F.Oc1ccc(C(F)(F)F)cc1N1c2cccc3c2C2c4c(cccc4Oc4cccc1c42)O3. The molecule has 0 unspecified atom stereocenters. The van der Waals surface area contributed by atoms with Gasteiger partial charge in [0.2, 0.25) is 0 Å². The van der Waals surface area contributed by atoms with Crippen molar-refractivity contribution in [2.24, 2.45) is 0 Å². The van der Waals surface area contributed by atoms with Gasteiger partial charge in [0.15, 0.2) is 0 Å². The molecule has 0 fully saturated rings. The summed E-state index contributed by atoms with van der Waals surface area (Å²) in [5, 5.41) is 10.7. The number of ether oxygens (including phenoxy) is 2. The van der Waals surface area contributed by atoms with E-state index in [0.29, 0.717) is 34.4 Å². The number of hydrogen-bond acceptors (Lipinski definition) is 4. The summed E-state index contributed by atoms with van der Waals surface area (Å²) in [7, 11) is -10.7. The van der Waals surface area contributed by atoms with E-state index in [9.17, 15) is 43.5 Å². The minimum atomic E-state index is -10.7. The van der Waals surface area contributed by atoms with E-state index < -0.39 is 19.5 Å². The second-order valence-electron chi connectivity index (χ2n) is 9.18. The van der Waals surface area contributed by atoms with Crippen molar-refractivity contribution < 1.29 is 52.9 Å². The zero-order valence-corrected chi connectivity index (χ0v) is 20.5. The first-order valence-corrected chi connectivity index (χ1v) is 13.4. The number of hydrogen-bond donors (Lipinski definition) is 1. The molecule has 40 heavy (non-hydrogen) atoms. The van der Waals surface area contributed by atoms with Gasteiger partial charge in [0.25, 0.3) is 0 Å². The molecule has 210 valence electrons. The Balaban J connectivity index is 0.000000370. The summed E-state index contributed by atoms with van der Waals surface area (Å²) in [6.45, 7) is 0. The quantitative estimate of drug-likeness (QED) is 0.153. The number of phenolic OH excluding ortho intramolecular Hbond substituents is 1. The van der Waals surface area contributed by atoms with Crippen molar-refractivity contribution >= 4 is 24.9 Å². The molecule has 4 nitrogen and oxygen atoms in total. The molecule has 3 aliphatic heterocycles. The molecule has 7 rings (SSSR count). The van der Waals surface area contributed by atoms with E-state index in [2.05, 4.69) is 0 Å². The standard InChI is InChI=1S/C26H14F3NO3.F6P/c27-26(28,29)13-10-11-17(31)16(12-13)30-14-4-1-6-18-22(14)25-23-15(30)5-2-7-19(23)33-21-9-3-8-20(32-18)24(21)25;1-7(2,3,4,5)6/h1-12,25,31H;/q;-1. The van der Waals surface area contributed by atoms with Gasteiger partial charge in [0, 0.05) is 16.7 Å². The largest absolute Gasteiger partial charge is 0.506 e. The molecule has 0 amide bonds. The van der Waals surface area contributed by atoms with Crippen molar-refractivity contribution in [3.05, 3.63) is 95.1 Å². The molecular formula is C26H14F9NO3P-. The van der Waals surface area contributed by atoms with E-state index in [1.165, 1.54) is 0 Å². The van der Waals surface area contributed by atoms with Crippen molar-refractivity contribution in [3.8, 4) is 28.7 Å². The number of rotatable bonds is 1. The number of benzene rings is 4. The molecule has 0 radical (unpaired) electrons. The van der Waals surface area contributed by atoms with Crippen LogP contribution >= 0.6 is 7.81 Å². The summed E-state index contributed by atoms with van der Waals surface area (Å²) >= 11 is 0. The van der Waals surface area contributed by atoms with Crippen LogP contribution in [0.3, 0.4) is 0 Å². The number of anilines is 3. The normalized spacial score (nSPS) is 16.4. The van der Waals surface area contributed by atoms with E-state index in [-0.39, 0.29) is 17.4 Å². The second kappa shape index (κ2) is 7.54. The zero-order valence-electron chi connectivity index (χ0n) is 19.6. The van der Waals surface area contributed by atoms with Crippen LogP contribution in [0, 0.1) is 0 Å². The van der Waals surface area contributed by atoms with Gasteiger partial charge in [-0.2, -0.15) is 13.2 Å². The van der Waals surface area contributed by atoms with Crippen LogP contribution in [0.4, 0.5) is 55.4 Å². The number of alkyl halides is 3. The number of aromatic hydroxyl groups is 1. The Morgan fingerprint density at radius 3 is 1.50 bits per heavy atom. The summed E-state index contributed by atoms with van der Waals surface area (Å²) in [6, 6.07) is 19.5. The van der Waals surface area contributed by atoms with Crippen molar-refractivity contribution in [1.82, 2.24) is 0 Å². The minimum Gasteiger partial charge on any atom is -0.506 e. The van der Waals surface area contributed by atoms with Crippen LogP contribution in [-0.2, 0) is 6.18 Å². The summed E-state index contributed by atoms with van der Waals surface area (Å²) in [4.78, 5) is 1.66. The van der Waals surface area contributed by atoms with E-state index in [1.807, 2.05) is 42.5 Å². The minimum absolute atomic E-state index is 0.0368. The third-order valence-corrected chi connectivity index (χ3v) is 6.44. The molecular weight excluding hydrogens is 576 g/mol. The first-order valence-electron chi connectivity index (χ1n) is 11.4. The van der Waals surface area contributed by atoms with Gasteiger partial charge in [0.1, 0.15) is 28.7 Å². The average Bonchev–Trinajstić information content (AvgIpc) is 2.82. The molecule has 4 aromatic rings. The average molecular weight is 590 g/mol. The number of nitrogens with zero attached hydrogens (tertiary/aromatic N) is 1. The first kappa shape index (κ1) is 26.1. The Kier molecular flexibility index (Phi) is 4.92. The van der Waals surface area contributed by atoms with Crippen molar-refractivity contribution in [2.45, 2.75) is 12.1 Å². The van der Waals surface area contributed by atoms with Crippen molar-refractivity contribution in [3.63, 3.8) is 0 Å². The maximum Gasteiger partial charge on any atom is 0.416 e. The molecule has 0 spiro atoms. The summed E-state index contributed by atoms with van der Waals surface area (Å²) < 4.78 is 112. The monoisotopic (exact) mass is 590 g/mol. The van der Waals surface area contributed by atoms with Crippen LogP contribution < -0.4 is 14.4 Å².